The number of amides is 1. The Labute approximate surface area is 127 Å². The Morgan fingerprint density at radius 2 is 1.71 bits per heavy atom. The zero-order valence-electron chi connectivity index (χ0n) is 14.3. The average molecular weight is 299 g/mol. The summed E-state index contributed by atoms with van der Waals surface area (Å²) in [6, 6.07) is 0. The molecular weight excluding hydrogens is 270 g/mol. The van der Waals surface area contributed by atoms with Crippen LogP contribution in [0.3, 0.4) is 0 Å². The van der Waals surface area contributed by atoms with Gasteiger partial charge < -0.3 is 4.74 Å². The van der Waals surface area contributed by atoms with E-state index in [1.165, 1.54) is 0 Å². The fourth-order valence-electron chi connectivity index (χ4n) is 1.92. The zero-order chi connectivity index (χ0) is 16.8. The van der Waals surface area contributed by atoms with Crippen molar-refractivity contribution in [3.8, 4) is 0 Å². The fourth-order valence-corrected chi connectivity index (χ4v) is 1.92. The first-order chi connectivity index (χ1) is 9.47. The molecule has 0 aliphatic carbocycles. The van der Waals surface area contributed by atoms with Gasteiger partial charge >= 0.3 is 6.09 Å². The SMILES string of the molecule is CCC(=O)[C@@](C)(CC)/C(C)=C/CN(O)C(=O)OC(C)(C)C. The van der Waals surface area contributed by atoms with Gasteiger partial charge in [0.1, 0.15) is 11.4 Å². The second-order valence-corrected chi connectivity index (χ2v) is 6.41. The standard InChI is InChI=1S/C16H29NO4/c1-8-13(18)16(7,9-2)12(3)10-11-17(20)14(19)21-15(4,5)6/h10,20H,8-9,11H2,1-7H3/b12-10+/t16-/m0/s1. The fraction of sp³-hybridized carbons (Fsp3) is 0.750. The Morgan fingerprint density at radius 1 is 1.19 bits per heavy atom. The second kappa shape index (κ2) is 7.59. The Bertz CT molecular complexity index is 409. The van der Waals surface area contributed by atoms with E-state index in [0.29, 0.717) is 17.9 Å². The molecule has 0 aromatic rings. The Kier molecular flexibility index (Phi) is 7.10. The molecule has 0 aromatic heterocycles. The van der Waals surface area contributed by atoms with Gasteiger partial charge in [-0.2, -0.15) is 5.06 Å². The predicted molar refractivity (Wildman–Crippen MR) is 82.2 cm³/mol. The quantitative estimate of drug-likeness (QED) is 0.458. The van der Waals surface area contributed by atoms with Crippen LogP contribution in [0, 0.1) is 5.41 Å². The molecule has 21 heavy (non-hydrogen) atoms. The molecule has 1 N–H and O–H groups in total. The van der Waals surface area contributed by atoms with Crippen LogP contribution < -0.4 is 0 Å². The van der Waals surface area contributed by atoms with Gasteiger partial charge in [0, 0.05) is 11.8 Å². The summed E-state index contributed by atoms with van der Waals surface area (Å²) in [6.45, 7) is 12.7. The van der Waals surface area contributed by atoms with E-state index in [-0.39, 0.29) is 12.3 Å². The topological polar surface area (TPSA) is 66.8 Å². The second-order valence-electron chi connectivity index (χ2n) is 6.41. The molecule has 0 heterocycles. The molecule has 0 saturated heterocycles. The lowest BCUT2D eigenvalue weighted by Gasteiger charge is -2.28. The minimum atomic E-state index is -0.799. The van der Waals surface area contributed by atoms with E-state index in [1.54, 1.807) is 26.8 Å². The lowest BCUT2D eigenvalue weighted by Crippen LogP contribution is -2.35. The van der Waals surface area contributed by atoms with Crippen molar-refractivity contribution in [2.24, 2.45) is 5.41 Å². The van der Waals surface area contributed by atoms with Crippen LogP contribution in [-0.2, 0) is 9.53 Å². The third-order valence-corrected chi connectivity index (χ3v) is 3.69. The number of ether oxygens (including phenoxy) is 1. The molecule has 0 spiro atoms. The summed E-state index contributed by atoms with van der Waals surface area (Å²) < 4.78 is 5.05. The molecule has 0 aromatic carbocycles. The van der Waals surface area contributed by atoms with E-state index < -0.39 is 17.1 Å². The van der Waals surface area contributed by atoms with E-state index in [4.69, 9.17) is 4.74 Å². The van der Waals surface area contributed by atoms with Crippen LogP contribution in [0.25, 0.3) is 0 Å². The van der Waals surface area contributed by atoms with Gasteiger partial charge in [-0.25, -0.2) is 4.79 Å². The van der Waals surface area contributed by atoms with Crippen LogP contribution in [-0.4, -0.2) is 34.3 Å². The van der Waals surface area contributed by atoms with E-state index in [1.807, 2.05) is 27.7 Å². The van der Waals surface area contributed by atoms with Crippen molar-refractivity contribution in [2.75, 3.05) is 6.54 Å². The van der Waals surface area contributed by atoms with Crippen LogP contribution in [0.4, 0.5) is 4.79 Å². The highest BCUT2D eigenvalue weighted by atomic mass is 16.6. The minimum absolute atomic E-state index is 0.00662. The largest absolute Gasteiger partial charge is 0.442 e. The Balaban J connectivity index is 4.86. The number of ketones is 1. The van der Waals surface area contributed by atoms with E-state index in [0.717, 1.165) is 5.57 Å². The molecule has 5 heteroatoms. The predicted octanol–water partition coefficient (Wildman–Crippen LogP) is 3.95. The minimum Gasteiger partial charge on any atom is -0.442 e. The van der Waals surface area contributed by atoms with Gasteiger partial charge in [-0.1, -0.05) is 25.5 Å². The van der Waals surface area contributed by atoms with Crippen molar-refractivity contribution in [3.05, 3.63) is 11.6 Å². The maximum absolute atomic E-state index is 12.1. The zero-order valence-corrected chi connectivity index (χ0v) is 14.3. The Morgan fingerprint density at radius 3 is 2.10 bits per heavy atom. The molecule has 0 rings (SSSR count). The van der Waals surface area contributed by atoms with Crippen molar-refractivity contribution < 1.29 is 19.5 Å². The Hall–Kier alpha value is -1.36. The summed E-state index contributed by atoms with van der Waals surface area (Å²) >= 11 is 0. The van der Waals surface area contributed by atoms with E-state index in [2.05, 4.69) is 0 Å². The molecule has 5 nitrogen and oxygen atoms in total. The normalized spacial score (nSPS) is 15.3. The number of hydrogen-bond acceptors (Lipinski definition) is 4. The highest BCUT2D eigenvalue weighted by Gasteiger charge is 2.31. The molecule has 0 saturated carbocycles. The van der Waals surface area contributed by atoms with E-state index in [9.17, 15) is 14.8 Å². The first-order valence-electron chi connectivity index (χ1n) is 7.37. The third kappa shape index (κ3) is 5.87. The van der Waals surface area contributed by atoms with Gasteiger partial charge in [-0.05, 0) is 41.0 Å². The number of rotatable bonds is 6. The van der Waals surface area contributed by atoms with Crippen LogP contribution in [0.5, 0.6) is 0 Å². The summed E-state index contributed by atoms with van der Waals surface area (Å²) in [5.74, 6) is 0.153. The molecular formula is C16H29NO4. The van der Waals surface area contributed by atoms with Gasteiger partial charge in [0.25, 0.3) is 0 Å². The molecule has 0 aliphatic rings. The van der Waals surface area contributed by atoms with Gasteiger partial charge in [0.2, 0.25) is 0 Å². The smallest absolute Gasteiger partial charge is 0.434 e. The molecule has 0 fully saturated rings. The van der Waals surface area contributed by atoms with Crippen molar-refractivity contribution in [1.29, 1.82) is 0 Å². The number of Topliss-reactive ketones (excluding diaryl/α,β-unsaturated/α-hetero) is 1. The molecule has 0 unspecified atom stereocenters. The molecule has 1 amide bonds. The monoisotopic (exact) mass is 299 g/mol. The van der Waals surface area contributed by atoms with Gasteiger partial charge in [-0.3, -0.25) is 10.0 Å². The van der Waals surface area contributed by atoms with E-state index >= 15 is 0 Å². The maximum Gasteiger partial charge on any atom is 0.434 e. The summed E-state index contributed by atoms with van der Waals surface area (Å²) in [5, 5.41) is 10.2. The number of allylic oxidation sites excluding steroid dienone is 1. The van der Waals surface area contributed by atoms with Crippen LogP contribution >= 0.6 is 0 Å². The molecule has 0 radical (unpaired) electrons. The summed E-state index contributed by atoms with van der Waals surface area (Å²) in [6.07, 6.45) is 2.04. The van der Waals surface area contributed by atoms with Gasteiger partial charge in [0.15, 0.2) is 0 Å². The number of carbonyl (C=O) groups excluding carboxylic acids is 2. The summed E-state index contributed by atoms with van der Waals surface area (Å²) in [7, 11) is 0. The highest BCUT2D eigenvalue weighted by Crippen LogP contribution is 2.32. The van der Waals surface area contributed by atoms with Crippen LogP contribution in [0.2, 0.25) is 0 Å². The highest BCUT2D eigenvalue weighted by molar-refractivity contribution is 5.87. The van der Waals surface area contributed by atoms with Crippen LogP contribution in [0.15, 0.2) is 11.6 Å². The lowest BCUT2D eigenvalue weighted by atomic mass is 9.75. The summed E-state index contributed by atoms with van der Waals surface area (Å²) in [5.41, 5.74) is -0.365. The third-order valence-electron chi connectivity index (χ3n) is 3.69. The lowest BCUT2D eigenvalue weighted by molar-refractivity contribution is -0.126. The average Bonchev–Trinajstić information content (AvgIpc) is 2.40. The van der Waals surface area contributed by atoms with Gasteiger partial charge in [0.05, 0.1) is 6.54 Å². The number of nitrogens with zero attached hydrogens (tertiary/aromatic N) is 1. The summed E-state index contributed by atoms with van der Waals surface area (Å²) in [4.78, 5) is 23.7. The first kappa shape index (κ1) is 19.6. The maximum atomic E-state index is 12.1. The van der Waals surface area contributed by atoms with Crippen molar-refractivity contribution in [2.45, 2.75) is 66.9 Å². The van der Waals surface area contributed by atoms with Crippen molar-refractivity contribution in [3.63, 3.8) is 0 Å². The number of hydrogen-bond donors (Lipinski definition) is 1. The van der Waals surface area contributed by atoms with Crippen molar-refractivity contribution >= 4 is 11.9 Å². The molecule has 0 bridgehead atoms. The van der Waals surface area contributed by atoms with Crippen LogP contribution in [0.1, 0.15) is 61.3 Å². The van der Waals surface area contributed by atoms with Gasteiger partial charge in [-0.15, -0.1) is 0 Å². The molecule has 0 aliphatic heterocycles. The number of carbonyl (C=O) groups is 2. The number of hydroxylamine groups is 2. The molecule has 122 valence electrons. The first-order valence-corrected chi connectivity index (χ1v) is 7.37. The van der Waals surface area contributed by atoms with Crippen molar-refractivity contribution in [1.82, 2.24) is 5.06 Å². The molecule has 1 atom stereocenters.